The molecule has 2 atom stereocenters. The molecule has 0 aromatic heterocycles. The Morgan fingerprint density at radius 1 is 1.17 bits per heavy atom. The summed E-state index contributed by atoms with van der Waals surface area (Å²) in [5.41, 5.74) is 2.05. The Kier molecular flexibility index (Phi) is 4.78. The highest BCUT2D eigenvalue weighted by Gasteiger charge is 2.20. The third-order valence-electron chi connectivity index (χ3n) is 4.07. The van der Waals surface area contributed by atoms with Crippen LogP contribution >= 0.6 is 0 Å². The third-order valence-corrected chi connectivity index (χ3v) is 4.07. The molecule has 0 heterocycles. The number of hydrogen-bond acceptors (Lipinski definition) is 2. The minimum atomic E-state index is 0.355. The fraction of sp³-hybridized carbons (Fsp3) is 0.562. The number of hydrogen-bond donors (Lipinski definition) is 1. The summed E-state index contributed by atoms with van der Waals surface area (Å²) < 4.78 is 0. The Morgan fingerprint density at radius 2 is 1.89 bits per heavy atom. The van der Waals surface area contributed by atoms with Gasteiger partial charge in [-0.1, -0.05) is 25.0 Å². The normalized spacial score (nSPS) is 23.6. The van der Waals surface area contributed by atoms with E-state index in [2.05, 4.69) is 18.2 Å². The predicted molar refractivity (Wildman–Crippen MR) is 72.0 cm³/mol. The number of aliphatic hydroxyl groups excluding tert-OH is 1. The Labute approximate surface area is 109 Å². The second-order valence-electron chi connectivity index (χ2n) is 5.43. The van der Waals surface area contributed by atoms with E-state index < -0.39 is 0 Å². The zero-order valence-corrected chi connectivity index (χ0v) is 10.8. The summed E-state index contributed by atoms with van der Waals surface area (Å²) in [4.78, 5) is 0. The molecule has 2 rings (SSSR count). The van der Waals surface area contributed by atoms with E-state index in [9.17, 15) is 5.11 Å². The minimum Gasteiger partial charge on any atom is -0.396 e. The van der Waals surface area contributed by atoms with Crippen LogP contribution in [-0.2, 0) is 6.42 Å². The lowest BCUT2D eigenvalue weighted by atomic mass is 9.79. The average molecular weight is 243 g/mol. The zero-order valence-electron chi connectivity index (χ0n) is 10.8. The Hall–Kier alpha value is -1.33. The molecule has 1 N–H and O–H groups in total. The van der Waals surface area contributed by atoms with Crippen LogP contribution < -0.4 is 0 Å². The van der Waals surface area contributed by atoms with Crippen molar-refractivity contribution >= 4 is 0 Å². The van der Waals surface area contributed by atoms with Crippen molar-refractivity contribution in [3.8, 4) is 6.07 Å². The van der Waals surface area contributed by atoms with Gasteiger partial charge in [-0.3, -0.25) is 0 Å². The van der Waals surface area contributed by atoms with Gasteiger partial charge in [0.25, 0.3) is 0 Å². The van der Waals surface area contributed by atoms with E-state index in [4.69, 9.17) is 5.26 Å². The number of nitrogens with zero attached hydrogens (tertiary/aromatic N) is 1. The molecule has 0 aliphatic heterocycles. The maximum Gasteiger partial charge on any atom is 0.0991 e. The van der Waals surface area contributed by atoms with Gasteiger partial charge >= 0.3 is 0 Å². The van der Waals surface area contributed by atoms with E-state index in [0.29, 0.717) is 12.5 Å². The first-order chi connectivity index (χ1) is 8.81. The number of benzene rings is 1. The maximum absolute atomic E-state index is 9.22. The molecule has 2 heteroatoms. The molecule has 0 radical (unpaired) electrons. The highest BCUT2D eigenvalue weighted by Crippen LogP contribution is 2.31. The summed E-state index contributed by atoms with van der Waals surface area (Å²) in [6.45, 7) is 0.355. The Balaban J connectivity index is 1.81. The fourth-order valence-corrected chi connectivity index (χ4v) is 2.95. The van der Waals surface area contributed by atoms with E-state index >= 15 is 0 Å². The SMILES string of the molecule is N#Cc1ccc(CC[C@@H]2CCCC(CO)C2)cc1. The van der Waals surface area contributed by atoms with E-state index in [1.807, 2.05) is 12.1 Å². The van der Waals surface area contributed by atoms with Gasteiger partial charge in [-0.2, -0.15) is 5.26 Å². The van der Waals surface area contributed by atoms with E-state index in [-0.39, 0.29) is 0 Å². The van der Waals surface area contributed by atoms with Crippen LogP contribution in [0.3, 0.4) is 0 Å². The molecule has 2 nitrogen and oxygen atoms in total. The highest BCUT2D eigenvalue weighted by molar-refractivity contribution is 5.31. The van der Waals surface area contributed by atoms with Gasteiger partial charge in [0, 0.05) is 6.61 Å². The van der Waals surface area contributed by atoms with Crippen molar-refractivity contribution in [2.45, 2.75) is 38.5 Å². The van der Waals surface area contributed by atoms with Gasteiger partial charge in [-0.25, -0.2) is 0 Å². The molecular weight excluding hydrogens is 222 g/mol. The van der Waals surface area contributed by atoms with Crippen LogP contribution in [-0.4, -0.2) is 11.7 Å². The molecule has 18 heavy (non-hydrogen) atoms. The second-order valence-corrected chi connectivity index (χ2v) is 5.43. The number of rotatable bonds is 4. The van der Waals surface area contributed by atoms with Crippen LogP contribution in [0.1, 0.15) is 43.2 Å². The first-order valence-corrected chi connectivity index (χ1v) is 6.91. The maximum atomic E-state index is 9.22. The molecule has 0 spiro atoms. The van der Waals surface area contributed by atoms with Crippen molar-refractivity contribution < 1.29 is 5.11 Å². The van der Waals surface area contributed by atoms with Gasteiger partial charge < -0.3 is 5.11 Å². The largest absolute Gasteiger partial charge is 0.396 e. The van der Waals surface area contributed by atoms with Gasteiger partial charge in [0.2, 0.25) is 0 Å². The van der Waals surface area contributed by atoms with Crippen molar-refractivity contribution in [2.75, 3.05) is 6.61 Å². The van der Waals surface area contributed by atoms with Crippen LogP contribution in [0.15, 0.2) is 24.3 Å². The van der Waals surface area contributed by atoms with Crippen molar-refractivity contribution in [3.63, 3.8) is 0 Å². The smallest absolute Gasteiger partial charge is 0.0991 e. The standard InChI is InChI=1S/C16H21NO/c17-11-15-8-5-13(6-9-15)4-7-14-2-1-3-16(10-14)12-18/h5-6,8-9,14,16,18H,1-4,7,10,12H2/t14-,16?/m0/s1. The molecule has 0 amide bonds. The lowest BCUT2D eigenvalue weighted by Crippen LogP contribution is -2.18. The predicted octanol–water partition coefficient (Wildman–Crippen LogP) is 3.29. The molecule has 0 bridgehead atoms. The zero-order chi connectivity index (χ0) is 12.8. The van der Waals surface area contributed by atoms with Gasteiger partial charge in [0.05, 0.1) is 11.6 Å². The molecule has 1 aliphatic rings. The van der Waals surface area contributed by atoms with Gasteiger partial charge in [-0.15, -0.1) is 0 Å². The number of aliphatic hydroxyl groups is 1. The summed E-state index contributed by atoms with van der Waals surface area (Å²) in [6.07, 6.45) is 7.27. The lowest BCUT2D eigenvalue weighted by molar-refractivity contribution is 0.157. The van der Waals surface area contributed by atoms with E-state index in [0.717, 1.165) is 17.9 Å². The fourth-order valence-electron chi connectivity index (χ4n) is 2.95. The Bertz CT molecular complexity index is 404. The van der Waals surface area contributed by atoms with Gasteiger partial charge in [-0.05, 0) is 55.2 Å². The summed E-state index contributed by atoms with van der Waals surface area (Å²) in [7, 11) is 0. The van der Waals surface area contributed by atoms with Crippen molar-refractivity contribution in [2.24, 2.45) is 11.8 Å². The van der Waals surface area contributed by atoms with E-state index in [1.165, 1.54) is 37.7 Å². The van der Waals surface area contributed by atoms with Crippen LogP contribution in [0.5, 0.6) is 0 Å². The van der Waals surface area contributed by atoms with Crippen LogP contribution in [0.4, 0.5) is 0 Å². The molecule has 1 aromatic rings. The molecule has 96 valence electrons. The van der Waals surface area contributed by atoms with Crippen LogP contribution in [0.2, 0.25) is 0 Å². The summed E-state index contributed by atoms with van der Waals surface area (Å²) in [5, 5.41) is 18.0. The number of aryl methyl sites for hydroxylation is 1. The van der Waals surface area contributed by atoms with Gasteiger partial charge in [0.15, 0.2) is 0 Å². The Morgan fingerprint density at radius 3 is 2.56 bits per heavy atom. The molecule has 1 fully saturated rings. The molecule has 1 aromatic carbocycles. The lowest BCUT2D eigenvalue weighted by Gasteiger charge is -2.27. The quantitative estimate of drug-likeness (QED) is 0.881. The van der Waals surface area contributed by atoms with Crippen LogP contribution in [0.25, 0.3) is 0 Å². The first-order valence-electron chi connectivity index (χ1n) is 6.91. The summed E-state index contributed by atoms with van der Waals surface area (Å²) in [5.74, 6) is 1.30. The first kappa shape index (κ1) is 13.1. The van der Waals surface area contributed by atoms with E-state index in [1.54, 1.807) is 0 Å². The van der Waals surface area contributed by atoms with Crippen molar-refractivity contribution in [1.82, 2.24) is 0 Å². The molecule has 1 aliphatic carbocycles. The van der Waals surface area contributed by atoms with Crippen molar-refractivity contribution in [3.05, 3.63) is 35.4 Å². The van der Waals surface area contributed by atoms with Gasteiger partial charge in [0.1, 0.15) is 0 Å². The monoisotopic (exact) mass is 243 g/mol. The molecule has 0 saturated heterocycles. The topological polar surface area (TPSA) is 44.0 Å². The van der Waals surface area contributed by atoms with Crippen molar-refractivity contribution in [1.29, 1.82) is 5.26 Å². The molecular formula is C16H21NO. The summed E-state index contributed by atoms with van der Waals surface area (Å²) >= 11 is 0. The third kappa shape index (κ3) is 3.58. The minimum absolute atomic E-state index is 0.355. The molecule has 1 saturated carbocycles. The number of nitriles is 1. The highest BCUT2D eigenvalue weighted by atomic mass is 16.3. The average Bonchev–Trinajstić information content (AvgIpc) is 2.46. The second kappa shape index (κ2) is 6.56. The molecule has 1 unspecified atom stereocenters. The van der Waals surface area contributed by atoms with Crippen LogP contribution in [0, 0.1) is 23.2 Å². The summed E-state index contributed by atoms with van der Waals surface area (Å²) in [6, 6.07) is 10.1.